The van der Waals surface area contributed by atoms with Gasteiger partial charge in [-0.2, -0.15) is 0 Å². The van der Waals surface area contributed by atoms with Crippen molar-refractivity contribution in [1.82, 2.24) is 0 Å². The van der Waals surface area contributed by atoms with E-state index in [1.54, 1.807) is 11.9 Å². The number of hydrogen-bond donors (Lipinski definition) is 1. The molecule has 0 aliphatic heterocycles. The summed E-state index contributed by atoms with van der Waals surface area (Å²) in [5.74, 6) is 0. The van der Waals surface area contributed by atoms with Crippen LogP contribution >= 0.6 is 12.2 Å². The Hall–Kier alpha value is -1.09. The minimum absolute atomic E-state index is 0.111. The molecule has 0 radical (unpaired) electrons. The Kier molecular flexibility index (Phi) is 2.65. The van der Waals surface area contributed by atoms with Crippen LogP contribution < -0.4 is 4.90 Å². The molecule has 12 heavy (non-hydrogen) atoms. The minimum atomic E-state index is -0.111. The second-order valence-electron chi connectivity index (χ2n) is 2.68. The van der Waals surface area contributed by atoms with Crippen molar-refractivity contribution in [3.05, 3.63) is 29.8 Å². The summed E-state index contributed by atoms with van der Waals surface area (Å²) in [6.45, 7) is 2.00. The fraction of sp³-hybridized carbons (Fsp3) is 0.222. The van der Waals surface area contributed by atoms with E-state index >= 15 is 0 Å². The van der Waals surface area contributed by atoms with Crippen molar-refractivity contribution in [2.45, 2.75) is 6.92 Å². The third-order valence-corrected chi connectivity index (χ3v) is 1.95. The molecule has 0 spiro atoms. The molecule has 0 saturated heterocycles. The molecule has 0 aromatic heterocycles. The maximum absolute atomic E-state index is 9.02. The maximum Gasteiger partial charge on any atom is 0.261 e. The first-order valence-electron chi connectivity index (χ1n) is 3.64. The quantitative estimate of drug-likeness (QED) is 0.672. The Morgan fingerprint density at radius 1 is 1.50 bits per heavy atom. The lowest BCUT2D eigenvalue weighted by Gasteiger charge is -2.15. The van der Waals surface area contributed by atoms with E-state index < -0.39 is 0 Å². The lowest BCUT2D eigenvalue weighted by molar-refractivity contribution is 0.554. The zero-order valence-electron chi connectivity index (χ0n) is 7.11. The zero-order valence-corrected chi connectivity index (χ0v) is 7.93. The predicted molar refractivity (Wildman–Crippen MR) is 54.8 cm³/mol. The molecule has 1 N–H and O–H groups in total. The van der Waals surface area contributed by atoms with Crippen molar-refractivity contribution in [2.24, 2.45) is 0 Å². The molecule has 1 rings (SSSR count). The van der Waals surface area contributed by atoms with Gasteiger partial charge in [-0.15, -0.1) is 0 Å². The van der Waals surface area contributed by atoms with Gasteiger partial charge in [-0.3, -0.25) is 0 Å². The molecule has 0 bridgehead atoms. The van der Waals surface area contributed by atoms with Crippen LogP contribution in [0, 0.1) is 6.92 Å². The van der Waals surface area contributed by atoms with E-state index in [4.69, 9.17) is 5.11 Å². The lowest BCUT2D eigenvalue weighted by atomic mass is 10.2. The van der Waals surface area contributed by atoms with Crippen molar-refractivity contribution in [1.29, 1.82) is 0 Å². The van der Waals surface area contributed by atoms with Crippen LogP contribution in [0.5, 0.6) is 0 Å². The van der Waals surface area contributed by atoms with Crippen LogP contribution in [-0.2, 0) is 0 Å². The Morgan fingerprint density at radius 2 is 2.17 bits per heavy atom. The van der Waals surface area contributed by atoms with Gasteiger partial charge in [0.1, 0.15) is 0 Å². The topological polar surface area (TPSA) is 23.5 Å². The molecule has 1 aromatic carbocycles. The van der Waals surface area contributed by atoms with Gasteiger partial charge < -0.3 is 10.0 Å². The summed E-state index contributed by atoms with van der Waals surface area (Å²) < 4.78 is 0. The summed E-state index contributed by atoms with van der Waals surface area (Å²) >= 11 is 4.62. The summed E-state index contributed by atoms with van der Waals surface area (Å²) in [6, 6.07) is 7.79. The monoisotopic (exact) mass is 181 g/mol. The maximum atomic E-state index is 9.02. The van der Waals surface area contributed by atoms with Crippen molar-refractivity contribution in [3.63, 3.8) is 0 Å². The van der Waals surface area contributed by atoms with E-state index in [1.807, 2.05) is 31.2 Å². The number of anilines is 1. The van der Waals surface area contributed by atoms with Gasteiger partial charge >= 0.3 is 0 Å². The van der Waals surface area contributed by atoms with Crippen molar-refractivity contribution in [2.75, 3.05) is 11.9 Å². The molecule has 3 heteroatoms. The van der Waals surface area contributed by atoms with E-state index in [-0.39, 0.29) is 5.17 Å². The standard InChI is InChI=1S/C9H11NOS/c1-7-4-3-5-8(6-7)10(2)9(11)12/h3-6H,1-2H3,(H,11,12). The second kappa shape index (κ2) is 3.54. The molecule has 2 nitrogen and oxygen atoms in total. The Labute approximate surface area is 77.4 Å². The number of aliphatic hydroxyl groups is 1. The summed E-state index contributed by atoms with van der Waals surface area (Å²) in [6.07, 6.45) is 0. The largest absolute Gasteiger partial charge is 0.486 e. The van der Waals surface area contributed by atoms with Gasteiger partial charge in [-0.25, -0.2) is 0 Å². The average molecular weight is 181 g/mol. The van der Waals surface area contributed by atoms with Crippen LogP contribution in [0.15, 0.2) is 24.3 Å². The molecule has 0 unspecified atom stereocenters. The van der Waals surface area contributed by atoms with Crippen molar-refractivity contribution < 1.29 is 5.11 Å². The fourth-order valence-electron chi connectivity index (χ4n) is 0.947. The van der Waals surface area contributed by atoms with Crippen LogP contribution in [0.4, 0.5) is 5.69 Å². The molecular weight excluding hydrogens is 170 g/mol. The molecule has 1 aromatic rings. The van der Waals surface area contributed by atoms with E-state index in [2.05, 4.69) is 12.2 Å². The first-order valence-corrected chi connectivity index (χ1v) is 4.05. The van der Waals surface area contributed by atoms with Gasteiger partial charge in [-0.05, 0) is 36.8 Å². The molecule has 0 atom stereocenters. The van der Waals surface area contributed by atoms with Crippen LogP contribution in [0.1, 0.15) is 5.56 Å². The third kappa shape index (κ3) is 1.95. The highest BCUT2D eigenvalue weighted by Gasteiger charge is 2.03. The molecule has 0 aliphatic carbocycles. The molecular formula is C9H11NOS. The summed E-state index contributed by atoms with van der Waals surface area (Å²) in [7, 11) is 1.73. The molecule has 0 amide bonds. The number of nitrogens with zero attached hydrogens (tertiary/aromatic N) is 1. The summed E-state index contributed by atoms with van der Waals surface area (Å²) in [4.78, 5) is 1.56. The third-order valence-electron chi connectivity index (χ3n) is 1.68. The highest BCUT2D eigenvalue weighted by Crippen LogP contribution is 2.13. The van der Waals surface area contributed by atoms with Crippen LogP contribution in [0.2, 0.25) is 0 Å². The van der Waals surface area contributed by atoms with Gasteiger partial charge in [0.2, 0.25) is 0 Å². The minimum Gasteiger partial charge on any atom is -0.486 e. The number of benzene rings is 1. The lowest BCUT2D eigenvalue weighted by Crippen LogP contribution is -2.23. The van der Waals surface area contributed by atoms with Crippen molar-refractivity contribution >= 4 is 23.1 Å². The zero-order chi connectivity index (χ0) is 9.14. The highest BCUT2D eigenvalue weighted by molar-refractivity contribution is 7.80. The predicted octanol–water partition coefficient (Wildman–Crippen LogP) is 2.27. The van der Waals surface area contributed by atoms with E-state index in [0.717, 1.165) is 11.3 Å². The molecule has 64 valence electrons. The van der Waals surface area contributed by atoms with Gasteiger partial charge in [0.05, 0.1) is 0 Å². The number of hydrogen-bond acceptors (Lipinski definition) is 1. The summed E-state index contributed by atoms with van der Waals surface area (Å²) in [5.41, 5.74) is 2.05. The van der Waals surface area contributed by atoms with E-state index in [1.165, 1.54) is 0 Å². The first-order chi connectivity index (χ1) is 5.61. The molecule has 0 aliphatic rings. The van der Waals surface area contributed by atoms with E-state index in [0.29, 0.717) is 0 Å². The van der Waals surface area contributed by atoms with Gasteiger partial charge in [0.15, 0.2) is 0 Å². The second-order valence-corrected chi connectivity index (χ2v) is 3.05. The van der Waals surface area contributed by atoms with E-state index in [9.17, 15) is 0 Å². The SMILES string of the molecule is Cc1cccc(N(C)C(O)=S)c1. The first kappa shape index (κ1) is 9.00. The highest BCUT2D eigenvalue weighted by atomic mass is 32.1. The molecule has 0 fully saturated rings. The van der Waals surface area contributed by atoms with Gasteiger partial charge in [0, 0.05) is 12.7 Å². The Balaban J connectivity index is 2.95. The smallest absolute Gasteiger partial charge is 0.261 e. The average Bonchev–Trinajstić information content (AvgIpc) is 2.03. The fourth-order valence-corrected chi connectivity index (χ4v) is 1.05. The molecule has 0 heterocycles. The number of aliphatic hydroxyl groups excluding tert-OH is 1. The number of thiocarbonyl (C=S) groups is 1. The Bertz CT molecular complexity index is 298. The van der Waals surface area contributed by atoms with Gasteiger partial charge in [0.25, 0.3) is 5.17 Å². The van der Waals surface area contributed by atoms with Gasteiger partial charge in [-0.1, -0.05) is 12.1 Å². The van der Waals surface area contributed by atoms with Crippen LogP contribution in [0.25, 0.3) is 0 Å². The number of rotatable bonds is 1. The summed E-state index contributed by atoms with van der Waals surface area (Å²) in [5, 5.41) is 8.91. The Morgan fingerprint density at radius 3 is 2.67 bits per heavy atom. The number of aryl methyl sites for hydroxylation is 1. The van der Waals surface area contributed by atoms with Crippen molar-refractivity contribution in [3.8, 4) is 0 Å². The molecule has 0 saturated carbocycles. The van der Waals surface area contributed by atoms with Crippen LogP contribution in [-0.4, -0.2) is 17.3 Å². The normalized spacial score (nSPS) is 9.50. The van der Waals surface area contributed by atoms with Crippen LogP contribution in [0.3, 0.4) is 0 Å².